The van der Waals surface area contributed by atoms with Crippen LogP contribution in [0.2, 0.25) is 10.0 Å². The zero-order chi connectivity index (χ0) is 18.4. The molecular weight excluding hydrogens is 385 g/mol. The first-order chi connectivity index (χ1) is 12.0. The van der Waals surface area contributed by atoms with E-state index < -0.39 is 16.8 Å². The standard InChI is InChI=1S/C17H15Cl2NO4S/c1-23-17(21)13-5-3-4-6-16(13)25(22)10-15(20-24-2)12-8-7-11(18)9-14(12)19/h3-9H,10H2,1-2H3/b20-15-. The first kappa shape index (κ1) is 19.4. The van der Waals surface area contributed by atoms with Crippen LogP contribution in [-0.2, 0) is 20.4 Å². The van der Waals surface area contributed by atoms with Crippen LogP contribution in [0.4, 0.5) is 0 Å². The van der Waals surface area contributed by atoms with Gasteiger partial charge in [-0.3, -0.25) is 4.21 Å². The van der Waals surface area contributed by atoms with Crippen LogP contribution in [-0.4, -0.2) is 35.9 Å². The molecule has 0 bridgehead atoms. The van der Waals surface area contributed by atoms with E-state index in [0.717, 1.165) is 0 Å². The van der Waals surface area contributed by atoms with Crippen LogP contribution in [0.3, 0.4) is 0 Å². The minimum Gasteiger partial charge on any atom is -0.465 e. The number of rotatable bonds is 6. The highest BCUT2D eigenvalue weighted by atomic mass is 35.5. The molecule has 2 aromatic carbocycles. The Kier molecular flexibility index (Phi) is 6.99. The van der Waals surface area contributed by atoms with E-state index in [2.05, 4.69) is 5.16 Å². The summed E-state index contributed by atoms with van der Waals surface area (Å²) in [5.41, 5.74) is 1.17. The molecule has 1 atom stereocenters. The molecule has 1 unspecified atom stereocenters. The van der Waals surface area contributed by atoms with Gasteiger partial charge < -0.3 is 9.57 Å². The zero-order valence-electron chi connectivity index (χ0n) is 13.5. The number of nitrogens with zero attached hydrogens (tertiary/aromatic N) is 1. The predicted molar refractivity (Wildman–Crippen MR) is 99.1 cm³/mol. The molecule has 8 heteroatoms. The molecule has 0 saturated carbocycles. The van der Waals surface area contributed by atoms with Gasteiger partial charge in [0.1, 0.15) is 12.8 Å². The van der Waals surface area contributed by atoms with Gasteiger partial charge in [-0.05, 0) is 24.3 Å². The Morgan fingerprint density at radius 3 is 2.48 bits per heavy atom. The molecule has 0 saturated heterocycles. The molecule has 0 heterocycles. The summed E-state index contributed by atoms with van der Waals surface area (Å²) in [5.74, 6) is -0.554. The second-order valence-corrected chi connectivity index (χ2v) is 7.09. The smallest absolute Gasteiger partial charge is 0.339 e. The number of esters is 1. The van der Waals surface area contributed by atoms with Gasteiger partial charge in [-0.1, -0.05) is 46.6 Å². The number of halogens is 2. The molecular formula is C17H15Cl2NO4S. The highest BCUT2D eigenvalue weighted by molar-refractivity contribution is 7.86. The van der Waals surface area contributed by atoms with Gasteiger partial charge in [0.15, 0.2) is 0 Å². The molecule has 5 nitrogen and oxygen atoms in total. The third-order valence-corrected chi connectivity index (χ3v) is 5.18. The molecule has 0 aliphatic heterocycles. The Bertz CT molecular complexity index is 839. The number of hydrogen-bond donors (Lipinski definition) is 0. The molecule has 0 amide bonds. The molecule has 0 aliphatic rings. The van der Waals surface area contributed by atoms with E-state index in [4.69, 9.17) is 32.8 Å². The van der Waals surface area contributed by atoms with E-state index in [-0.39, 0.29) is 11.3 Å². The molecule has 0 N–H and O–H groups in total. The molecule has 2 aromatic rings. The second kappa shape index (κ2) is 8.99. The zero-order valence-corrected chi connectivity index (χ0v) is 15.8. The van der Waals surface area contributed by atoms with Crippen LogP contribution < -0.4 is 0 Å². The maximum atomic E-state index is 12.8. The number of hydrogen-bond acceptors (Lipinski definition) is 5. The number of oxime groups is 1. The highest BCUT2D eigenvalue weighted by Gasteiger charge is 2.20. The maximum Gasteiger partial charge on any atom is 0.339 e. The van der Waals surface area contributed by atoms with Crippen molar-refractivity contribution in [2.45, 2.75) is 4.90 Å². The van der Waals surface area contributed by atoms with Crippen molar-refractivity contribution in [3.05, 3.63) is 63.6 Å². The average Bonchev–Trinajstić information content (AvgIpc) is 2.60. The highest BCUT2D eigenvalue weighted by Crippen LogP contribution is 2.23. The van der Waals surface area contributed by atoms with E-state index in [1.54, 1.807) is 42.5 Å². The molecule has 0 aliphatic carbocycles. The van der Waals surface area contributed by atoms with Gasteiger partial charge in [-0.2, -0.15) is 0 Å². The lowest BCUT2D eigenvalue weighted by Crippen LogP contribution is -2.16. The molecule has 25 heavy (non-hydrogen) atoms. The van der Waals surface area contributed by atoms with Crippen LogP contribution in [0.5, 0.6) is 0 Å². The van der Waals surface area contributed by atoms with Crippen molar-refractivity contribution < 1.29 is 18.6 Å². The summed E-state index contributed by atoms with van der Waals surface area (Å²) in [7, 11) is 1.09. The molecule has 0 spiro atoms. The fourth-order valence-electron chi connectivity index (χ4n) is 2.13. The monoisotopic (exact) mass is 399 g/mol. The van der Waals surface area contributed by atoms with Gasteiger partial charge in [-0.15, -0.1) is 0 Å². The minimum atomic E-state index is -1.57. The van der Waals surface area contributed by atoms with E-state index >= 15 is 0 Å². The van der Waals surface area contributed by atoms with Gasteiger partial charge in [0, 0.05) is 10.6 Å². The summed E-state index contributed by atoms with van der Waals surface area (Å²) < 4.78 is 17.6. The summed E-state index contributed by atoms with van der Waals surface area (Å²) >= 11 is 12.1. The normalized spacial score (nSPS) is 12.6. The number of benzene rings is 2. The fraction of sp³-hybridized carbons (Fsp3) is 0.176. The average molecular weight is 400 g/mol. The molecule has 0 aromatic heterocycles. The van der Waals surface area contributed by atoms with Crippen molar-refractivity contribution in [2.24, 2.45) is 5.16 Å². The van der Waals surface area contributed by atoms with Crippen LogP contribution in [0, 0.1) is 0 Å². The lowest BCUT2D eigenvalue weighted by Gasteiger charge is -2.10. The predicted octanol–water partition coefficient (Wildman–Crippen LogP) is 3.94. The van der Waals surface area contributed by atoms with Crippen LogP contribution in [0.1, 0.15) is 15.9 Å². The van der Waals surface area contributed by atoms with Gasteiger partial charge in [0.25, 0.3) is 0 Å². The third-order valence-electron chi connectivity index (χ3n) is 3.25. The summed E-state index contributed by atoms with van der Waals surface area (Å²) in [6.45, 7) is 0. The Labute approximate surface area is 158 Å². The first-order valence-electron chi connectivity index (χ1n) is 7.09. The van der Waals surface area contributed by atoms with Crippen LogP contribution >= 0.6 is 23.2 Å². The summed E-state index contributed by atoms with van der Waals surface area (Å²) in [4.78, 5) is 17.1. The Morgan fingerprint density at radius 1 is 1.12 bits per heavy atom. The quantitative estimate of drug-likeness (QED) is 0.419. The second-order valence-electron chi connectivity index (χ2n) is 4.82. The molecule has 0 radical (unpaired) electrons. The lowest BCUT2D eigenvalue weighted by molar-refractivity contribution is 0.0596. The van der Waals surface area contributed by atoms with Crippen molar-refractivity contribution in [2.75, 3.05) is 20.0 Å². The van der Waals surface area contributed by atoms with Crippen molar-refractivity contribution in [1.29, 1.82) is 0 Å². The third kappa shape index (κ3) is 4.81. The first-order valence-corrected chi connectivity index (χ1v) is 9.16. The summed E-state index contributed by atoms with van der Waals surface area (Å²) in [6.07, 6.45) is 0. The van der Waals surface area contributed by atoms with Crippen molar-refractivity contribution in [1.82, 2.24) is 0 Å². The van der Waals surface area contributed by atoms with Crippen molar-refractivity contribution in [3.8, 4) is 0 Å². The Hall–Kier alpha value is -1.89. The SMILES string of the molecule is CO/N=C(/CS(=O)c1ccccc1C(=O)OC)c1ccc(Cl)cc1Cl. The molecule has 2 rings (SSSR count). The summed E-state index contributed by atoms with van der Waals surface area (Å²) in [6, 6.07) is 11.4. The van der Waals surface area contributed by atoms with E-state index in [9.17, 15) is 9.00 Å². The van der Waals surface area contributed by atoms with E-state index in [0.29, 0.717) is 26.2 Å². The largest absolute Gasteiger partial charge is 0.465 e. The van der Waals surface area contributed by atoms with Crippen molar-refractivity contribution in [3.63, 3.8) is 0 Å². The van der Waals surface area contributed by atoms with Crippen molar-refractivity contribution >= 4 is 45.7 Å². The molecule has 132 valence electrons. The fourth-order valence-corrected chi connectivity index (χ4v) is 3.89. The van der Waals surface area contributed by atoms with Crippen LogP contribution in [0.25, 0.3) is 0 Å². The number of carbonyl (C=O) groups is 1. The Balaban J connectivity index is 2.37. The topological polar surface area (TPSA) is 65.0 Å². The van der Waals surface area contributed by atoms with Gasteiger partial charge in [-0.25, -0.2) is 4.79 Å². The minimum absolute atomic E-state index is 0.00317. The van der Waals surface area contributed by atoms with Crippen LogP contribution in [0.15, 0.2) is 52.5 Å². The van der Waals surface area contributed by atoms with E-state index in [1.807, 2.05) is 0 Å². The number of carbonyl (C=O) groups excluding carboxylic acids is 1. The lowest BCUT2D eigenvalue weighted by atomic mass is 10.1. The molecule has 0 fully saturated rings. The van der Waals surface area contributed by atoms with E-state index in [1.165, 1.54) is 14.2 Å². The number of methoxy groups -OCH3 is 1. The maximum absolute atomic E-state index is 12.8. The Morgan fingerprint density at radius 2 is 1.84 bits per heavy atom. The van der Waals surface area contributed by atoms with Gasteiger partial charge >= 0.3 is 5.97 Å². The number of ether oxygens (including phenoxy) is 1. The summed E-state index contributed by atoms with van der Waals surface area (Å²) in [5, 5.41) is 4.76. The van der Waals surface area contributed by atoms with Gasteiger partial charge in [0.05, 0.1) is 39.1 Å². The van der Waals surface area contributed by atoms with Gasteiger partial charge in [0.2, 0.25) is 0 Å².